The molecule has 1 aromatic carbocycles. The molecular formula is C12H16ClNO3. The predicted molar refractivity (Wildman–Crippen MR) is 65.6 cm³/mol. The first-order valence-electron chi connectivity index (χ1n) is 5.44. The molecule has 2 rings (SSSR count). The molecule has 1 aromatic rings. The van der Waals surface area contributed by atoms with Crippen molar-refractivity contribution < 1.29 is 14.6 Å². The fraction of sp³-hybridized carbons (Fsp3) is 0.500. The molecule has 4 nitrogen and oxygen atoms in total. The molecular weight excluding hydrogens is 242 g/mol. The molecule has 1 unspecified atom stereocenters. The second-order valence-electron chi connectivity index (χ2n) is 4.25. The Morgan fingerprint density at radius 2 is 2.29 bits per heavy atom. The Morgan fingerprint density at radius 1 is 1.59 bits per heavy atom. The van der Waals surface area contributed by atoms with E-state index in [1.165, 1.54) is 0 Å². The zero-order valence-electron chi connectivity index (χ0n) is 9.65. The second kappa shape index (κ2) is 4.82. The average Bonchev–Trinajstić information content (AvgIpc) is 2.27. The first-order chi connectivity index (χ1) is 8.14. The number of nitrogens with two attached hydrogens (primary N) is 1. The van der Waals surface area contributed by atoms with Gasteiger partial charge in [0.25, 0.3) is 0 Å². The van der Waals surface area contributed by atoms with Crippen LogP contribution in [0.25, 0.3) is 0 Å². The Morgan fingerprint density at radius 3 is 2.76 bits per heavy atom. The summed E-state index contributed by atoms with van der Waals surface area (Å²) < 4.78 is 10.6. The van der Waals surface area contributed by atoms with Crippen LogP contribution in [-0.2, 0) is 10.2 Å². The largest absolute Gasteiger partial charge is 0.496 e. The van der Waals surface area contributed by atoms with E-state index in [-0.39, 0.29) is 6.54 Å². The van der Waals surface area contributed by atoms with Crippen LogP contribution in [0.15, 0.2) is 18.2 Å². The van der Waals surface area contributed by atoms with Crippen LogP contribution >= 0.6 is 11.6 Å². The van der Waals surface area contributed by atoms with Crippen molar-refractivity contribution in [1.82, 2.24) is 0 Å². The molecule has 0 saturated carbocycles. The second-order valence-corrected chi connectivity index (χ2v) is 4.68. The molecule has 1 heterocycles. The van der Waals surface area contributed by atoms with Crippen molar-refractivity contribution in [3.63, 3.8) is 0 Å². The lowest BCUT2D eigenvalue weighted by Gasteiger charge is -2.45. The highest BCUT2D eigenvalue weighted by molar-refractivity contribution is 6.30. The number of methoxy groups -OCH3 is 1. The Kier molecular flexibility index (Phi) is 3.58. The minimum Gasteiger partial charge on any atom is -0.496 e. The summed E-state index contributed by atoms with van der Waals surface area (Å²) in [7, 11) is 1.59. The fourth-order valence-electron chi connectivity index (χ4n) is 2.14. The third-order valence-corrected chi connectivity index (χ3v) is 3.51. The molecule has 5 heteroatoms. The van der Waals surface area contributed by atoms with Gasteiger partial charge in [-0.15, -0.1) is 0 Å². The molecule has 1 saturated heterocycles. The monoisotopic (exact) mass is 257 g/mol. The zero-order valence-corrected chi connectivity index (χ0v) is 10.4. The summed E-state index contributed by atoms with van der Waals surface area (Å²) in [4.78, 5) is 0. The molecule has 1 atom stereocenters. The van der Waals surface area contributed by atoms with E-state index in [4.69, 9.17) is 26.8 Å². The van der Waals surface area contributed by atoms with Gasteiger partial charge in [-0.2, -0.15) is 0 Å². The van der Waals surface area contributed by atoms with Gasteiger partial charge in [0.2, 0.25) is 0 Å². The maximum Gasteiger partial charge on any atom is 0.122 e. The van der Waals surface area contributed by atoms with E-state index in [9.17, 15) is 5.11 Å². The Labute approximate surface area is 105 Å². The number of benzene rings is 1. The fourth-order valence-corrected chi connectivity index (χ4v) is 2.32. The number of hydrogen-bond acceptors (Lipinski definition) is 4. The standard InChI is InChI=1S/C12H16ClNO3/c1-16-10-3-2-8(13)4-9(10)12(6-17-7-12)11(15)5-14/h2-4,11,15H,5-7,14H2,1H3. The molecule has 0 aliphatic carbocycles. The summed E-state index contributed by atoms with van der Waals surface area (Å²) >= 11 is 6.00. The summed E-state index contributed by atoms with van der Waals surface area (Å²) in [6.07, 6.45) is -0.663. The molecule has 17 heavy (non-hydrogen) atoms. The highest BCUT2D eigenvalue weighted by atomic mass is 35.5. The van der Waals surface area contributed by atoms with Crippen LogP contribution in [0.1, 0.15) is 5.56 Å². The predicted octanol–water partition coefficient (Wildman–Crippen LogP) is 0.936. The lowest BCUT2D eigenvalue weighted by atomic mass is 9.73. The first kappa shape index (κ1) is 12.6. The SMILES string of the molecule is COc1ccc(Cl)cc1C1(C(O)CN)COC1. The van der Waals surface area contributed by atoms with Gasteiger partial charge in [-0.25, -0.2) is 0 Å². The molecule has 0 spiro atoms. The van der Waals surface area contributed by atoms with Crippen molar-refractivity contribution in [2.75, 3.05) is 26.9 Å². The normalized spacial score (nSPS) is 19.5. The first-order valence-corrected chi connectivity index (χ1v) is 5.82. The molecule has 1 aliphatic heterocycles. The summed E-state index contributed by atoms with van der Waals surface area (Å²) in [6, 6.07) is 5.36. The smallest absolute Gasteiger partial charge is 0.122 e. The van der Waals surface area contributed by atoms with Gasteiger partial charge in [0, 0.05) is 17.1 Å². The molecule has 0 bridgehead atoms. The van der Waals surface area contributed by atoms with Crippen molar-refractivity contribution in [3.05, 3.63) is 28.8 Å². The number of rotatable bonds is 4. The Bertz CT molecular complexity index is 407. The molecule has 0 radical (unpaired) electrons. The van der Waals surface area contributed by atoms with Gasteiger partial charge in [-0.1, -0.05) is 11.6 Å². The van der Waals surface area contributed by atoms with Crippen LogP contribution in [0, 0.1) is 0 Å². The van der Waals surface area contributed by atoms with Crippen molar-refractivity contribution in [1.29, 1.82) is 0 Å². The maximum absolute atomic E-state index is 10.1. The van der Waals surface area contributed by atoms with Crippen molar-refractivity contribution >= 4 is 11.6 Å². The third-order valence-electron chi connectivity index (χ3n) is 3.28. The van der Waals surface area contributed by atoms with Gasteiger partial charge < -0.3 is 20.3 Å². The van der Waals surface area contributed by atoms with Crippen LogP contribution in [0.4, 0.5) is 0 Å². The lowest BCUT2D eigenvalue weighted by molar-refractivity contribution is -0.117. The minimum absolute atomic E-state index is 0.180. The van der Waals surface area contributed by atoms with Gasteiger partial charge >= 0.3 is 0 Å². The third kappa shape index (κ3) is 2.02. The van der Waals surface area contributed by atoms with Crippen LogP contribution < -0.4 is 10.5 Å². The molecule has 0 aromatic heterocycles. The van der Waals surface area contributed by atoms with Crippen molar-refractivity contribution in [3.8, 4) is 5.75 Å². The van der Waals surface area contributed by atoms with E-state index < -0.39 is 11.5 Å². The maximum atomic E-state index is 10.1. The molecule has 94 valence electrons. The van der Waals surface area contributed by atoms with Gasteiger partial charge in [-0.05, 0) is 18.2 Å². The zero-order chi connectivity index (χ0) is 12.5. The Balaban J connectivity index is 2.46. The topological polar surface area (TPSA) is 64.7 Å². The van der Waals surface area contributed by atoms with E-state index in [1.54, 1.807) is 19.2 Å². The summed E-state index contributed by atoms with van der Waals surface area (Å²) in [6.45, 7) is 1.04. The van der Waals surface area contributed by atoms with Crippen LogP contribution in [0.3, 0.4) is 0 Å². The quantitative estimate of drug-likeness (QED) is 0.843. The Hall–Kier alpha value is -0.810. The highest BCUT2D eigenvalue weighted by Crippen LogP contribution is 2.41. The van der Waals surface area contributed by atoms with Gasteiger partial charge in [-0.3, -0.25) is 0 Å². The van der Waals surface area contributed by atoms with E-state index in [0.717, 1.165) is 5.56 Å². The molecule has 1 fully saturated rings. The lowest BCUT2D eigenvalue weighted by Crippen LogP contribution is -2.57. The highest BCUT2D eigenvalue weighted by Gasteiger charge is 2.47. The molecule has 3 N–H and O–H groups in total. The molecule has 0 amide bonds. The van der Waals surface area contributed by atoms with Gasteiger partial charge in [0.1, 0.15) is 5.75 Å². The van der Waals surface area contributed by atoms with Crippen molar-refractivity contribution in [2.24, 2.45) is 5.73 Å². The van der Waals surface area contributed by atoms with E-state index >= 15 is 0 Å². The van der Waals surface area contributed by atoms with Crippen LogP contribution in [0.2, 0.25) is 5.02 Å². The van der Waals surface area contributed by atoms with E-state index in [0.29, 0.717) is 24.0 Å². The van der Waals surface area contributed by atoms with Crippen LogP contribution in [-0.4, -0.2) is 38.1 Å². The van der Waals surface area contributed by atoms with Crippen LogP contribution in [0.5, 0.6) is 5.75 Å². The number of ether oxygens (including phenoxy) is 2. The van der Waals surface area contributed by atoms with E-state index in [2.05, 4.69) is 0 Å². The number of aliphatic hydroxyl groups is 1. The number of hydrogen-bond donors (Lipinski definition) is 2. The van der Waals surface area contributed by atoms with Crippen molar-refractivity contribution in [2.45, 2.75) is 11.5 Å². The van der Waals surface area contributed by atoms with Gasteiger partial charge in [0.05, 0.1) is 31.8 Å². The molecule has 1 aliphatic rings. The summed E-state index contributed by atoms with van der Waals surface area (Å²) in [5, 5.41) is 10.7. The summed E-state index contributed by atoms with van der Waals surface area (Å²) in [5.41, 5.74) is 5.92. The van der Waals surface area contributed by atoms with E-state index in [1.807, 2.05) is 6.07 Å². The van der Waals surface area contributed by atoms with Gasteiger partial charge in [0.15, 0.2) is 0 Å². The average molecular weight is 258 g/mol. The number of aliphatic hydroxyl groups excluding tert-OH is 1. The summed E-state index contributed by atoms with van der Waals surface area (Å²) in [5.74, 6) is 0.699. The minimum atomic E-state index is -0.663. The number of halogens is 1.